The van der Waals surface area contributed by atoms with Gasteiger partial charge in [0.1, 0.15) is 11.4 Å². The van der Waals surface area contributed by atoms with Crippen LogP contribution in [0.5, 0.6) is 11.6 Å². The molecule has 2 aromatic heterocycles. The van der Waals surface area contributed by atoms with Crippen LogP contribution in [0.25, 0.3) is 10.2 Å². The number of nitrogens with zero attached hydrogens (tertiary/aromatic N) is 3. The molecule has 29 heavy (non-hydrogen) atoms. The van der Waals surface area contributed by atoms with Crippen molar-refractivity contribution in [1.29, 1.82) is 0 Å². The molecule has 0 radical (unpaired) electrons. The van der Waals surface area contributed by atoms with Crippen molar-refractivity contribution in [3.05, 3.63) is 36.3 Å². The highest BCUT2D eigenvalue weighted by Gasteiger charge is 2.21. The summed E-state index contributed by atoms with van der Waals surface area (Å²) in [4.78, 5) is 24.6. The Kier molecular flexibility index (Phi) is 5.89. The Morgan fingerprint density at radius 2 is 2.03 bits per heavy atom. The minimum atomic E-state index is -0.302. The van der Waals surface area contributed by atoms with Crippen molar-refractivity contribution < 1.29 is 9.53 Å². The molecule has 1 atom stereocenters. The van der Waals surface area contributed by atoms with Gasteiger partial charge in [-0.3, -0.25) is 9.78 Å². The summed E-state index contributed by atoms with van der Waals surface area (Å²) in [6, 6.07) is 6.16. The second kappa shape index (κ2) is 8.73. The number of hydrogen-bond acceptors (Lipinski definition) is 7. The minimum absolute atomic E-state index is 0.215. The van der Waals surface area contributed by atoms with Crippen LogP contribution >= 0.6 is 11.3 Å². The number of nitrogens with one attached hydrogen (secondary N) is 2. The standard InChI is InChI=1S/C21H25N5O2S/c1-13(14-6-4-3-5-7-14)24-21-26-16-9-8-15(10-18(16)29-21)28-19-12-23-11-17(25-19)20(27)22-2/h8-14H,3-7H2,1-2H3,(H,22,27)(H,24,26)/t13-/m0/s1. The summed E-state index contributed by atoms with van der Waals surface area (Å²) in [7, 11) is 1.55. The summed E-state index contributed by atoms with van der Waals surface area (Å²) < 4.78 is 6.85. The maximum atomic E-state index is 11.7. The molecule has 3 aromatic rings. The predicted octanol–water partition coefficient (Wildman–Crippen LogP) is 4.62. The fraction of sp³-hybridized carbons (Fsp3) is 0.429. The van der Waals surface area contributed by atoms with Crippen molar-refractivity contribution >= 4 is 32.6 Å². The maximum absolute atomic E-state index is 11.7. The third-order valence-electron chi connectivity index (χ3n) is 5.36. The van der Waals surface area contributed by atoms with Gasteiger partial charge in [-0.15, -0.1) is 0 Å². The third-order valence-corrected chi connectivity index (χ3v) is 6.31. The Balaban J connectivity index is 1.47. The molecule has 1 amide bonds. The van der Waals surface area contributed by atoms with Crippen molar-refractivity contribution in [2.24, 2.45) is 5.92 Å². The third kappa shape index (κ3) is 4.64. The summed E-state index contributed by atoms with van der Waals surface area (Å²) in [5, 5.41) is 7.07. The Labute approximate surface area is 173 Å². The molecule has 4 rings (SSSR count). The van der Waals surface area contributed by atoms with Gasteiger partial charge < -0.3 is 15.4 Å². The first-order valence-electron chi connectivity index (χ1n) is 10.0. The molecular weight excluding hydrogens is 386 g/mol. The van der Waals surface area contributed by atoms with Gasteiger partial charge in [0, 0.05) is 19.2 Å². The van der Waals surface area contributed by atoms with Crippen molar-refractivity contribution in [2.45, 2.75) is 45.1 Å². The summed E-state index contributed by atoms with van der Waals surface area (Å²) in [5.41, 5.74) is 1.15. The van der Waals surface area contributed by atoms with Crippen molar-refractivity contribution in [2.75, 3.05) is 12.4 Å². The van der Waals surface area contributed by atoms with Gasteiger partial charge in [0.05, 0.1) is 22.6 Å². The number of fused-ring (bicyclic) bond motifs is 1. The highest BCUT2D eigenvalue weighted by atomic mass is 32.1. The van der Waals surface area contributed by atoms with Crippen LogP contribution in [0, 0.1) is 5.92 Å². The van der Waals surface area contributed by atoms with E-state index < -0.39 is 0 Å². The van der Waals surface area contributed by atoms with Crippen LogP contribution < -0.4 is 15.4 Å². The van der Waals surface area contributed by atoms with Crippen molar-refractivity contribution in [3.63, 3.8) is 0 Å². The first kappa shape index (κ1) is 19.6. The Hall–Kier alpha value is -2.74. The minimum Gasteiger partial charge on any atom is -0.437 e. The number of carbonyl (C=O) groups is 1. The predicted molar refractivity (Wildman–Crippen MR) is 115 cm³/mol. The summed E-state index contributed by atoms with van der Waals surface area (Å²) in [5.74, 6) is 1.33. The topological polar surface area (TPSA) is 89.0 Å². The lowest BCUT2D eigenvalue weighted by Gasteiger charge is -2.28. The molecule has 7 nitrogen and oxygen atoms in total. The lowest BCUT2D eigenvalue weighted by molar-refractivity contribution is 0.0957. The molecular formula is C21H25N5O2S. The van der Waals surface area contributed by atoms with E-state index in [2.05, 4.69) is 27.5 Å². The molecule has 0 aliphatic heterocycles. The zero-order valence-electron chi connectivity index (χ0n) is 16.6. The van der Waals surface area contributed by atoms with Gasteiger partial charge >= 0.3 is 0 Å². The Morgan fingerprint density at radius 3 is 2.83 bits per heavy atom. The summed E-state index contributed by atoms with van der Waals surface area (Å²) in [6.07, 6.45) is 9.53. The monoisotopic (exact) mass is 411 g/mol. The van der Waals surface area contributed by atoms with Gasteiger partial charge in [-0.05, 0) is 37.8 Å². The number of benzene rings is 1. The van der Waals surface area contributed by atoms with Gasteiger partial charge in [-0.25, -0.2) is 9.97 Å². The van der Waals surface area contributed by atoms with Crippen molar-refractivity contribution in [3.8, 4) is 11.6 Å². The van der Waals surface area contributed by atoms with E-state index in [0.29, 0.717) is 11.8 Å². The first-order chi connectivity index (χ1) is 14.1. The number of hydrogen-bond donors (Lipinski definition) is 2. The fourth-order valence-corrected chi connectivity index (χ4v) is 4.72. The lowest BCUT2D eigenvalue weighted by Crippen LogP contribution is -2.27. The number of ether oxygens (including phenoxy) is 1. The van der Waals surface area contributed by atoms with E-state index in [4.69, 9.17) is 9.72 Å². The largest absolute Gasteiger partial charge is 0.437 e. The molecule has 1 aliphatic rings. The van der Waals surface area contributed by atoms with Crippen LogP contribution in [0.4, 0.5) is 5.13 Å². The van der Waals surface area contributed by atoms with E-state index in [1.165, 1.54) is 44.5 Å². The number of anilines is 1. The van der Waals surface area contributed by atoms with Crippen LogP contribution in [-0.4, -0.2) is 33.9 Å². The van der Waals surface area contributed by atoms with E-state index in [9.17, 15) is 4.79 Å². The van der Waals surface area contributed by atoms with Gasteiger partial charge in [0.2, 0.25) is 5.88 Å². The second-order valence-corrected chi connectivity index (χ2v) is 8.43. The molecule has 1 aliphatic carbocycles. The van der Waals surface area contributed by atoms with Crippen LogP contribution in [0.3, 0.4) is 0 Å². The van der Waals surface area contributed by atoms with Crippen LogP contribution in [0.2, 0.25) is 0 Å². The van der Waals surface area contributed by atoms with Crippen LogP contribution in [0.1, 0.15) is 49.5 Å². The average molecular weight is 412 g/mol. The van der Waals surface area contributed by atoms with E-state index in [1.807, 2.05) is 18.2 Å². The van der Waals surface area contributed by atoms with E-state index in [-0.39, 0.29) is 17.5 Å². The van der Waals surface area contributed by atoms with Gasteiger partial charge in [0.25, 0.3) is 5.91 Å². The molecule has 8 heteroatoms. The number of rotatable bonds is 6. The maximum Gasteiger partial charge on any atom is 0.271 e. The molecule has 1 saturated carbocycles. The highest BCUT2D eigenvalue weighted by molar-refractivity contribution is 7.22. The number of aromatic nitrogens is 3. The van der Waals surface area contributed by atoms with E-state index >= 15 is 0 Å². The average Bonchev–Trinajstić information content (AvgIpc) is 3.15. The van der Waals surface area contributed by atoms with Gasteiger partial charge in [-0.2, -0.15) is 0 Å². The number of carbonyl (C=O) groups excluding carboxylic acids is 1. The highest BCUT2D eigenvalue weighted by Crippen LogP contribution is 2.33. The molecule has 0 saturated heterocycles. The summed E-state index contributed by atoms with van der Waals surface area (Å²) >= 11 is 1.62. The SMILES string of the molecule is CNC(=O)c1cncc(Oc2ccc3nc(N[C@@H](C)C4CCCCC4)sc3c2)n1. The molecule has 1 fully saturated rings. The lowest BCUT2D eigenvalue weighted by atomic mass is 9.85. The molecule has 0 bridgehead atoms. The Bertz CT molecular complexity index is 1000. The number of amides is 1. The number of thiazole rings is 1. The van der Waals surface area contributed by atoms with E-state index in [1.54, 1.807) is 18.4 Å². The second-order valence-electron chi connectivity index (χ2n) is 7.40. The molecule has 0 spiro atoms. The van der Waals surface area contributed by atoms with Gasteiger partial charge in [-0.1, -0.05) is 30.6 Å². The first-order valence-corrected chi connectivity index (χ1v) is 10.8. The van der Waals surface area contributed by atoms with Crippen LogP contribution in [0.15, 0.2) is 30.6 Å². The quantitative estimate of drug-likeness (QED) is 0.615. The smallest absolute Gasteiger partial charge is 0.271 e. The van der Waals surface area contributed by atoms with E-state index in [0.717, 1.165) is 21.3 Å². The molecule has 152 valence electrons. The normalized spacial score (nSPS) is 15.8. The molecule has 2 heterocycles. The summed E-state index contributed by atoms with van der Waals surface area (Å²) in [6.45, 7) is 2.26. The zero-order chi connectivity index (χ0) is 20.2. The van der Waals surface area contributed by atoms with Gasteiger partial charge in [0.15, 0.2) is 5.13 Å². The molecule has 1 aromatic carbocycles. The molecule has 2 N–H and O–H groups in total. The fourth-order valence-electron chi connectivity index (χ4n) is 3.73. The molecule has 0 unspecified atom stereocenters. The van der Waals surface area contributed by atoms with Crippen LogP contribution in [-0.2, 0) is 0 Å². The van der Waals surface area contributed by atoms with Crippen molar-refractivity contribution in [1.82, 2.24) is 20.3 Å². The Morgan fingerprint density at radius 1 is 1.21 bits per heavy atom. The zero-order valence-corrected chi connectivity index (χ0v) is 17.5.